The molecule has 0 saturated carbocycles. The Morgan fingerprint density at radius 1 is 0.600 bits per heavy atom. The largest absolute Gasteiger partial charge is 2.00 e. The van der Waals surface area contributed by atoms with Gasteiger partial charge in [0.05, 0.1) is 0 Å². The van der Waals surface area contributed by atoms with Crippen LogP contribution in [0.1, 0.15) is 24.0 Å². The minimum absolute atomic E-state index is 0. The molecule has 0 fully saturated rings. The van der Waals surface area contributed by atoms with Gasteiger partial charge in [0, 0.05) is 10.0 Å². The monoisotopic (exact) mass is 406 g/mol. The zero-order chi connectivity index (χ0) is 16.8. The van der Waals surface area contributed by atoms with Gasteiger partial charge in [0.2, 0.25) is 0 Å². The molecule has 0 aliphatic heterocycles. The topological polar surface area (TPSA) is 0 Å². The van der Waals surface area contributed by atoms with E-state index < -0.39 is 0 Å². The second-order valence-electron chi connectivity index (χ2n) is 5.41. The standard InChI is InChI=1S/2C11H8Cl.Fe/c2*12-11-7-5-10(6-8-11)9-3-1-2-4-9;/h2*1,3,5-8H,2H2;/q2*-1;+2. The van der Waals surface area contributed by atoms with Crippen molar-refractivity contribution in [1.82, 2.24) is 0 Å². The van der Waals surface area contributed by atoms with E-state index in [0.717, 1.165) is 22.9 Å². The third kappa shape index (κ3) is 5.76. The minimum atomic E-state index is 0. The molecule has 0 N–H and O–H groups in total. The Kier molecular flexibility index (Phi) is 7.81. The van der Waals surface area contributed by atoms with Crippen LogP contribution in [0.25, 0.3) is 11.1 Å². The van der Waals surface area contributed by atoms with Crippen molar-refractivity contribution in [1.29, 1.82) is 0 Å². The fourth-order valence-electron chi connectivity index (χ4n) is 2.46. The van der Waals surface area contributed by atoms with Crippen LogP contribution in [-0.4, -0.2) is 0 Å². The van der Waals surface area contributed by atoms with Gasteiger partial charge in [-0.15, -0.1) is 47.5 Å². The molecule has 0 unspecified atom stereocenters. The third-order valence-electron chi connectivity index (χ3n) is 3.70. The number of hydrogen-bond acceptors (Lipinski definition) is 0. The van der Waals surface area contributed by atoms with Crippen LogP contribution in [0.4, 0.5) is 0 Å². The molecule has 0 saturated heterocycles. The van der Waals surface area contributed by atoms with Gasteiger partial charge in [0.15, 0.2) is 0 Å². The van der Waals surface area contributed by atoms with Crippen LogP contribution in [0.3, 0.4) is 0 Å². The quantitative estimate of drug-likeness (QED) is 0.373. The summed E-state index contributed by atoms with van der Waals surface area (Å²) in [4.78, 5) is 0. The predicted molar refractivity (Wildman–Crippen MR) is 104 cm³/mol. The Balaban J connectivity index is 0.000000173. The second kappa shape index (κ2) is 9.85. The van der Waals surface area contributed by atoms with Crippen molar-refractivity contribution in [3.8, 4) is 0 Å². The molecule has 126 valence electrons. The molecule has 0 spiro atoms. The summed E-state index contributed by atoms with van der Waals surface area (Å²) in [5, 5.41) is 1.56. The van der Waals surface area contributed by atoms with Gasteiger partial charge in [-0.05, 0) is 0 Å². The molecule has 4 rings (SSSR count). The molecule has 2 aromatic rings. The maximum absolute atomic E-state index is 5.77. The first-order valence-corrected chi connectivity index (χ1v) is 8.54. The van der Waals surface area contributed by atoms with Gasteiger partial charge in [0.25, 0.3) is 0 Å². The number of allylic oxidation sites excluding steroid dienone is 8. The van der Waals surface area contributed by atoms with Crippen molar-refractivity contribution in [2.75, 3.05) is 0 Å². The maximum atomic E-state index is 5.77. The summed E-state index contributed by atoms with van der Waals surface area (Å²) in [5.41, 5.74) is 4.72. The summed E-state index contributed by atoms with van der Waals surface area (Å²) in [6.07, 6.45) is 16.7. The number of hydrogen-bond donors (Lipinski definition) is 0. The van der Waals surface area contributed by atoms with Crippen LogP contribution in [-0.2, 0) is 17.1 Å². The molecule has 0 bridgehead atoms. The molecule has 2 aliphatic rings. The second-order valence-corrected chi connectivity index (χ2v) is 6.28. The number of benzene rings is 2. The Morgan fingerprint density at radius 3 is 1.24 bits per heavy atom. The third-order valence-corrected chi connectivity index (χ3v) is 4.20. The molecule has 0 heterocycles. The normalized spacial score (nSPS) is 14.3. The van der Waals surface area contributed by atoms with E-state index >= 15 is 0 Å². The van der Waals surface area contributed by atoms with E-state index in [-0.39, 0.29) is 17.1 Å². The molecule has 3 heteroatoms. The van der Waals surface area contributed by atoms with Crippen LogP contribution >= 0.6 is 23.2 Å². The van der Waals surface area contributed by atoms with Crippen LogP contribution < -0.4 is 0 Å². The summed E-state index contributed by atoms with van der Waals surface area (Å²) >= 11 is 11.5. The van der Waals surface area contributed by atoms with Crippen molar-refractivity contribution in [3.05, 3.63) is 106 Å². The minimum Gasteiger partial charge on any atom is -0.197 e. The van der Waals surface area contributed by atoms with Crippen molar-refractivity contribution in [3.63, 3.8) is 0 Å². The molecule has 0 atom stereocenters. The van der Waals surface area contributed by atoms with E-state index in [4.69, 9.17) is 23.2 Å². The SMILES string of the molecule is Clc1ccc(C2=[C-]CC=C2)cc1.Clc1ccc(C2=[C-]CC=C2)cc1.[Fe+2]. The van der Waals surface area contributed by atoms with Gasteiger partial charge >= 0.3 is 17.1 Å². The van der Waals surface area contributed by atoms with Crippen LogP contribution in [0.5, 0.6) is 0 Å². The molecule has 2 aromatic carbocycles. The van der Waals surface area contributed by atoms with E-state index in [9.17, 15) is 0 Å². The fourth-order valence-corrected chi connectivity index (χ4v) is 2.72. The average molecular weight is 407 g/mol. The van der Waals surface area contributed by atoms with Crippen LogP contribution in [0, 0.1) is 12.2 Å². The summed E-state index contributed by atoms with van der Waals surface area (Å²) in [6.45, 7) is 0. The average Bonchev–Trinajstić information content (AvgIpc) is 3.31. The molecular formula is C22H16Cl2Fe. The molecule has 0 radical (unpaired) electrons. The van der Waals surface area contributed by atoms with Gasteiger partial charge in [-0.1, -0.05) is 60.3 Å². The Labute approximate surface area is 170 Å². The Hall–Kier alpha value is -1.50. The first-order chi connectivity index (χ1) is 11.7. The summed E-state index contributed by atoms with van der Waals surface area (Å²) in [7, 11) is 0. The molecule has 2 aliphatic carbocycles. The van der Waals surface area contributed by atoms with Gasteiger partial charge in [-0.25, -0.2) is 0 Å². The first kappa shape index (κ1) is 19.8. The van der Waals surface area contributed by atoms with E-state index in [2.05, 4.69) is 36.5 Å². The van der Waals surface area contributed by atoms with Crippen molar-refractivity contribution in [2.24, 2.45) is 0 Å². The van der Waals surface area contributed by atoms with Crippen molar-refractivity contribution >= 4 is 34.3 Å². The number of halogens is 2. The first-order valence-electron chi connectivity index (χ1n) is 7.79. The number of rotatable bonds is 2. The molecule has 0 nitrogen and oxygen atoms in total. The zero-order valence-corrected chi connectivity index (χ0v) is 16.1. The van der Waals surface area contributed by atoms with Gasteiger partial charge < -0.3 is 0 Å². The molecular weight excluding hydrogens is 391 g/mol. The van der Waals surface area contributed by atoms with E-state index in [0.29, 0.717) is 0 Å². The van der Waals surface area contributed by atoms with Gasteiger partial charge in [-0.3, -0.25) is 0 Å². The molecule has 25 heavy (non-hydrogen) atoms. The van der Waals surface area contributed by atoms with Crippen molar-refractivity contribution in [2.45, 2.75) is 12.8 Å². The van der Waals surface area contributed by atoms with Crippen LogP contribution in [0.15, 0.2) is 72.8 Å². The van der Waals surface area contributed by atoms with E-state index in [1.165, 1.54) is 22.3 Å². The zero-order valence-electron chi connectivity index (χ0n) is 13.5. The van der Waals surface area contributed by atoms with E-state index in [1.54, 1.807) is 0 Å². The Bertz CT molecular complexity index is 739. The van der Waals surface area contributed by atoms with Gasteiger partial charge in [-0.2, -0.15) is 35.5 Å². The van der Waals surface area contributed by atoms with Gasteiger partial charge in [0.1, 0.15) is 0 Å². The summed E-state index contributed by atoms with van der Waals surface area (Å²) in [5.74, 6) is 0. The fraction of sp³-hybridized carbons (Fsp3) is 0.0909. The Morgan fingerprint density at radius 2 is 0.960 bits per heavy atom. The summed E-state index contributed by atoms with van der Waals surface area (Å²) < 4.78 is 0. The maximum Gasteiger partial charge on any atom is 2.00 e. The van der Waals surface area contributed by atoms with Crippen LogP contribution in [0.2, 0.25) is 10.0 Å². The molecule has 0 amide bonds. The smallest absolute Gasteiger partial charge is 0.197 e. The van der Waals surface area contributed by atoms with E-state index in [1.807, 2.05) is 48.5 Å². The molecule has 0 aromatic heterocycles. The predicted octanol–water partition coefficient (Wildman–Crippen LogP) is 6.97. The van der Waals surface area contributed by atoms with Crippen molar-refractivity contribution < 1.29 is 17.1 Å². The summed E-state index contributed by atoms with van der Waals surface area (Å²) in [6, 6.07) is 15.7.